The number of para-hydroxylation sites is 2. The number of aromatic nitrogens is 2. The molecule has 3 aromatic rings. The second-order valence-corrected chi connectivity index (χ2v) is 10.1. The van der Waals surface area contributed by atoms with Crippen LogP contribution in [0, 0.1) is 0 Å². The van der Waals surface area contributed by atoms with Crippen LogP contribution in [0.4, 0.5) is 5.95 Å². The monoisotopic (exact) mass is 448 g/mol. The number of nitrogens with zero attached hydrogens (tertiary/aromatic N) is 2. The van der Waals surface area contributed by atoms with E-state index in [9.17, 15) is 13.2 Å². The van der Waals surface area contributed by atoms with Gasteiger partial charge in [-0.3, -0.25) is 10.1 Å². The van der Waals surface area contributed by atoms with E-state index in [0.717, 1.165) is 17.5 Å². The number of carbonyl (C=O) groups is 1. The zero-order valence-electron chi connectivity index (χ0n) is 17.4. The van der Waals surface area contributed by atoms with Crippen LogP contribution in [0.3, 0.4) is 0 Å². The summed E-state index contributed by atoms with van der Waals surface area (Å²) < 4.78 is 29.9. The van der Waals surface area contributed by atoms with Crippen molar-refractivity contribution in [2.45, 2.75) is 51.1 Å². The molecule has 30 heavy (non-hydrogen) atoms. The average molecular weight is 449 g/mol. The number of fused-ring (bicyclic) bond motifs is 1. The molecule has 1 amide bonds. The fourth-order valence-corrected chi connectivity index (χ4v) is 5.05. The third-order valence-electron chi connectivity index (χ3n) is 4.25. The Hall–Kier alpha value is -2.42. The first-order valence-electron chi connectivity index (χ1n) is 9.62. The Kier molecular flexibility index (Phi) is 6.21. The summed E-state index contributed by atoms with van der Waals surface area (Å²) in [5.74, 6) is -0.0539. The number of aryl methyl sites for hydroxylation is 1. The number of sulfonamides is 1. The van der Waals surface area contributed by atoms with Crippen LogP contribution < -0.4 is 10.0 Å². The van der Waals surface area contributed by atoms with Gasteiger partial charge in [0.25, 0.3) is 5.91 Å². The Morgan fingerprint density at radius 3 is 2.53 bits per heavy atom. The highest BCUT2D eigenvalue weighted by Gasteiger charge is 2.25. The lowest BCUT2D eigenvalue weighted by atomic mass is 10.1. The molecule has 7 nitrogen and oxygen atoms in total. The summed E-state index contributed by atoms with van der Waals surface area (Å²) in [6, 6.07) is 11.8. The Morgan fingerprint density at radius 1 is 1.17 bits per heavy atom. The molecule has 0 aliphatic carbocycles. The van der Waals surface area contributed by atoms with Gasteiger partial charge in [-0.2, -0.15) is 0 Å². The van der Waals surface area contributed by atoms with Crippen molar-refractivity contribution in [1.82, 2.24) is 14.3 Å². The number of rotatable bonds is 6. The van der Waals surface area contributed by atoms with Gasteiger partial charge < -0.3 is 4.57 Å². The summed E-state index contributed by atoms with van der Waals surface area (Å²) in [6.07, 6.45) is 0.866. The van der Waals surface area contributed by atoms with E-state index in [4.69, 9.17) is 11.6 Å². The van der Waals surface area contributed by atoms with E-state index in [-0.39, 0.29) is 15.5 Å². The fraction of sp³-hybridized carbons (Fsp3) is 0.333. The number of nitrogens with one attached hydrogen (secondary N) is 2. The quantitative estimate of drug-likeness (QED) is 0.583. The first-order chi connectivity index (χ1) is 14.0. The van der Waals surface area contributed by atoms with Crippen molar-refractivity contribution in [2.24, 2.45) is 0 Å². The first-order valence-corrected chi connectivity index (χ1v) is 11.5. The molecule has 0 radical (unpaired) electrons. The van der Waals surface area contributed by atoms with E-state index < -0.39 is 21.5 Å². The van der Waals surface area contributed by atoms with E-state index in [0.29, 0.717) is 12.5 Å². The Labute approximate surface area is 181 Å². The number of amides is 1. The molecule has 0 aliphatic rings. The van der Waals surface area contributed by atoms with Gasteiger partial charge in [-0.15, -0.1) is 0 Å². The van der Waals surface area contributed by atoms with E-state index >= 15 is 0 Å². The van der Waals surface area contributed by atoms with Crippen LogP contribution >= 0.6 is 11.6 Å². The summed E-state index contributed by atoms with van der Waals surface area (Å²) in [4.78, 5) is 17.3. The van der Waals surface area contributed by atoms with Crippen molar-refractivity contribution in [3.05, 3.63) is 53.1 Å². The average Bonchev–Trinajstić information content (AvgIpc) is 2.97. The molecular formula is C21H25ClN4O3S. The number of carbonyl (C=O) groups excluding carboxylic acids is 1. The maximum Gasteiger partial charge on any atom is 0.258 e. The number of anilines is 1. The number of imidazole rings is 1. The van der Waals surface area contributed by atoms with Crippen LogP contribution in [-0.4, -0.2) is 29.4 Å². The summed E-state index contributed by atoms with van der Waals surface area (Å²) in [7, 11) is -3.90. The number of hydrogen-bond donors (Lipinski definition) is 2. The van der Waals surface area contributed by atoms with Crippen molar-refractivity contribution >= 4 is 44.5 Å². The predicted octanol–water partition coefficient (Wildman–Crippen LogP) is 4.43. The normalized spacial score (nSPS) is 12.3. The fourth-order valence-electron chi connectivity index (χ4n) is 3.10. The molecule has 0 spiro atoms. The standard InChI is InChI=1S/C21H25ClN4O3S/c1-5-12-26-17-9-7-6-8-16(17)23-20(26)24-19(27)14-10-11-15(22)18(13-14)30(28,29)25-21(2,3)4/h6-11,13,25H,5,12H2,1-4H3,(H,23,24,27). The molecule has 0 saturated carbocycles. The molecule has 0 aliphatic heterocycles. The van der Waals surface area contributed by atoms with Gasteiger partial charge in [0.05, 0.1) is 16.1 Å². The third-order valence-corrected chi connectivity index (χ3v) is 6.49. The lowest BCUT2D eigenvalue weighted by Crippen LogP contribution is -2.40. The van der Waals surface area contributed by atoms with Crippen molar-refractivity contribution in [3.8, 4) is 0 Å². The molecule has 160 valence electrons. The molecule has 0 unspecified atom stereocenters. The van der Waals surface area contributed by atoms with E-state index in [1.807, 2.05) is 35.8 Å². The van der Waals surface area contributed by atoms with E-state index in [1.54, 1.807) is 20.8 Å². The van der Waals surface area contributed by atoms with Gasteiger partial charge in [-0.1, -0.05) is 30.7 Å². The molecule has 0 saturated heterocycles. The molecule has 1 heterocycles. The molecule has 0 atom stereocenters. The van der Waals surface area contributed by atoms with Gasteiger partial charge in [0.1, 0.15) is 4.90 Å². The van der Waals surface area contributed by atoms with E-state index in [2.05, 4.69) is 15.0 Å². The summed E-state index contributed by atoms with van der Waals surface area (Å²) in [6.45, 7) is 7.92. The SMILES string of the molecule is CCCn1c(NC(=O)c2ccc(Cl)c(S(=O)(=O)NC(C)(C)C)c2)nc2ccccc21. The molecular weight excluding hydrogens is 424 g/mol. The summed E-state index contributed by atoms with van der Waals surface area (Å²) in [5, 5.41) is 2.85. The smallest absolute Gasteiger partial charge is 0.258 e. The van der Waals surface area contributed by atoms with Crippen LogP contribution in [0.5, 0.6) is 0 Å². The van der Waals surface area contributed by atoms with Gasteiger partial charge in [-0.25, -0.2) is 18.1 Å². The largest absolute Gasteiger partial charge is 0.310 e. The molecule has 1 aromatic heterocycles. The highest BCUT2D eigenvalue weighted by atomic mass is 35.5. The predicted molar refractivity (Wildman–Crippen MR) is 120 cm³/mol. The first kappa shape index (κ1) is 22.3. The lowest BCUT2D eigenvalue weighted by Gasteiger charge is -2.21. The molecule has 3 rings (SSSR count). The van der Waals surface area contributed by atoms with Crippen LogP contribution in [0.1, 0.15) is 44.5 Å². The minimum absolute atomic E-state index is 0.0431. The van der Waals surface area contributed by atoms with Gasteiger partial charge in [-0.05, 0) is 57.5 Å². The zero-order valence-corrected chi connectivity index (χ0v) is 18.9. The highest BCUT2D eigenvalue weighted by Crippen LogP contribution is 2.25. The maximum absolute atomic E-state index is 12.9. The maximum atomic E-state index is 12.9. The number of hydrogen-bond acceptors (Lipinski definition) is 4. The molecule has 0 bridgehead atoms. The van der Waals surface area contributed by atoms with Crippen LogP contribution in [0.2, 0.25) is 5.02 Å². The molecule has 0 fully saturated rings. The molecule has 2 aromatic carbocycles. The highest BCUT2D eigenvalue weighted by molar-refractivity contribution is 7.89. The van der Waals surface area contributed by atoms with Crippen LogP contribution in [0.25, 0.3) is 11.0 Å². The van der Waals surface area contributed by atoms with Crippen LogP contribution in [-0.2, 0) is 16.6 Å². The Bertz CT molecular complexity index is 1200. The number of benzene rings is 2. The molecule has 2 N–H and O–H groups in total. The second kappa shape index (κ2) is 8.37. The number of halogens is 1. The van der Waals surface area contributed by atoms with Crippen LogP contribution in [0.15, 0.2) is 47.4 Å². The third kappa shape index (κ3) is 4.83. The van der Waals surface area contributed by atoms with Crippen molar-refractivity contribution in [1.29, 1.82) is 0 Å². The van der Waals surface area contributed by atoms with Gasteiger partial charge in [0.2, 0.25) is 16.0 Å². The Balaban J connectivity index is 1.96. The zero-order chi connectivity index (χ0) is 22.1. The van der Waals surface area contributed by atoms with E-state index in [1.165, 1.54) is 18.2 Å². The lowest BCUT2D eigenvalue weighted by molar-refractivity contribution is 0.102. The van der Waals surface area contributed by atoms with Crippen molar-refractivity contribution in [3.63, 3.8) is 0 Å². The summed E-state index contributed by atoms with van der Waals surface area (Å²) >= 11 is 6.13. The topological polar surface area (TPSA) is 93.1 Å². The van der Waals surface area contributed by atoms with Crippen molar-refractivity contribution < 1.29 is 13.2 Å². The molecule has 9 heteroatoms. The minimum Gasteiger partial charge on any atom is -0.310 e. The minimum atomic E-state index is -3.90. The summed E-state index contributed by atoms with van der Waals surface area (Å²) in [5.41, 5.74) is 1.17. The van der Waals surface area contributed by atoms with Crippen molar-refractivity contribution in [2.75, 3.05) is 5.32 Å². The Morgan fingerprint density at radius 2 is 1.87 bits per heavy atom. The van der Waals surface area contributed by atoms with Gasteiger partial charge in [0, 0.05) is 17.6 Å². The van der Waals surface area contributed by atoms with Gasteiger partial charge >= 0.3 is 0 Å². The van der Waals surface area contributed by atoms with Gasteiger partial charge in [0.15, 0.2) is 0 Å². The second-order valence-electron chi connectivity index (χ2n) is 8.03.